The fourth-order valence-electron chi connectivity index (χ4n) is 3.46. The van der Waals surface area contributed by atoms with E-state index in [1.807, 2.05) is 43.3 Å². The number of aromatic nitrogens is 1. The van der Waals surface area contributed by atoms with E-state index in [1.54, 1.807) is 26.2 Å². The van der Waals surface area contributed by atoms with Crippen LogP contribution in [0.25, 0.3) is 0 Å². The SMILES string of the molecule is CC(NC(=O)C(C)(C)Oc1cc(F)cc(Cl)c1)C(Cc1ccc(Cl)cc1)c1cccnc1. The molecule has 3 rings (SSSR count). The topological polar surface area (TPSA) is 51.2 Å². The molecule has 0 fully saturated rings. The van der Waals surface area contributed by atoms with Crippen molar-refractivity contribution in [3.05, 3.63) is 94.0 Å². The fourth-order valence-corrected chi connectivity index (χ4v) is 3.80. The molecule has 32 heavy (non-hydrogen) atoms. The first kappa shape index (κ1) is 24.0. The second-order valence-corrected chi connectivity index (χ2v) is 9.08. The molecule has 1 N–H and O–H groups in total. The summed E-state index contributed by atoms with van der Waals surface area (Å²) in [6.07, 6.45) is 4.21. The second kappa shape index (κ2) is 10.3. The molecule has 1 heterocycles. The van der Waals surface area contributed by atoms with Gasteiger partial charge in [0.1, 0.15) is 11.6 Å². The van der Waals surface area contributed by atoms with E-state index in [1.165, 1.54) is 18.2 Å². The number of hydrogen-bond donors (Lipinski definition) is 1. The van der Waals surface area contributed by atoms with Gasteiger partial charge in [-0.2, -0.15) is 0 Å². The molecule has 0 aliphatic carbocycles. The number of benzene rings is 2. The predicted octanol–water partition coefficient (Wildman–Crippen LogP) is 6.22. The van der Waals surface area contributed by atoms with Crippen molar-refractivity contribution in [3.63, 3.8) is 0 Å². The highest BCUT2D eigenvalue weighted by Gasteiger charge is 2.33. The lowest BCUT2D eigenvalue weighted by molar-refractivity contribution is -0.135. The third-order valence-corrected chi connectivity index (χ3v) is 5.67. The van der Waals surface area contributed by atoms with Crippen molar-refractivity contribution in [2.75, 3.05) is 0 Å². The first-order valence-corrected chi connectivity index (χ1v) is 11.0. The van der Waals surface area contributed by atoms with E-state index >= 15 is 0 Å². The smallest absolute Gasteiger partial charge is 0.263 e. The largest absolute Gasteiger partial charge is 0.478 e. The van der Waals surface area contributed by atoms with E-state index in [2.05, 4.69) is 10.3 Å². The molecular weight excluding hydrogens is 450 g/mol. The quantitative estimate of drug-likeness (QED) is 0.421. The highest BCUT2D eigenvalue weighted by atomic mass is 35.5. The molecule has 0 saturated carbocycles. The van der Waals surface area contributed by atoms with Gasteiger partial charge in [-0.05, 0) is 68.7 Å². The average Bonchev–Trinajstić information content (AvgIpc) is 2.72. The molecule has 2 atom stereocenters. The van der Waals surface area contributed by atoms with Crippen molar-refractivity contribution in [2.24, 2.45) is 0 Å². The van der Waals surface area contributed by atoms with Gasteiger partial charge in [-0.15, -0.1) is 0 Å². The third kappa shape index (κ3) is 6.44. The molecule has 3 aromatic rings. The summed E-state index contributed by atoms with van der Waals surface area (Å²) in [6.45, 7) is 5.21. The zero-order valence-corrected chi connectivity index (χ0v) is 19.6. The van der Waals surface area contributed by atoms with Crippen LogP contribution in [0.1, 0.15) is 37.8 Å². The van der Waals surface area contributed by atoms with Crippen molar-refractivity contribution in [2.45, 2.75) is 44.8 Å². The molecule has 0 spiro atoms. The van der Waals surface area contributed by atoms with Gasteiger partial charge < -0.3 is 10.1 Å². The number of pyridine rings is 1. The maximum absolute atomic E-state index is 13.7. The van der Waals surface area contributed by atoms with Gasteiger partial charge in [0, 0.05) is 40.5 Å². The van der Waals surface area contributed by atoms with Crippen LogP contribution in [0.5, 0.6) is 5.75 Å². The summed E-state index contributed by atoms with van der Waals surface area (Å²) in [6, 6.07) is 15.1. The second-order valence-electron chi connectivity index (χ2n) is 8.20. The van der Waals surface area contributed by atoms with Crippen LogP contribution in [-0.4, -0.2) is 22.5 Å². The first-order valence-electron chi connectivity index (χ1n) is 10.2. The molecule has 168 valence electrons. The Hall–Kier alpha value is -2.63. The maximum atomic E-state index is 13.7. The van der Waals surface area contributed by atoms with Crippen LogP contribution in [-0.2, 0) is 11.2 Å². The van der Waals surface area contributed by atoms with Gasteiger partial charge in [0.2, 0.25) is 0 Å². The molecule has 2 aromatic carbocycles. The minimum atomic E-state index is -1.24. The minimum absolute atomic E-state index is 0.0340. The highest BCUT2D eigenvalue weighted by molar-refractivity contribution is 6.30. The summed E-state index contributed by atoms with van der Waals surface area (Å²) in [5, 5.41) is 3.92. The number of nitrogens with zero attached hydrogens (tertiary/aromatic N) is 1. The van der Waals surface area contributed by atoms with Crippen molar-refractivity contribution >= 4 is 29.1 Å². The highest BCUT2D eigenvalue weighted by Crippen LogP contribution is 2.27. The van der Waals surface area contributed by atoms with E-state index in [0.717, 1.165) is 11.1 Å². The Balaban J connectivity index is 1.77. The summed E-state index contributed by atoms with van der Waals surface area (Å²) in [4.78, 5) is 17.3. The Morgan fingerprint density at radius 2 is 1.84 bits per heavy atom. The zero-order chi connectivity index (χ0) is 23.3. The Labute approximate surface area is 197 Å². The van der Waals surface area contributed by atoms with Gasteiger partial charge in [-0.25, -0.2) is 4.39 Å². The van der Waals surface area contributed by atoms with Crippen molar-refractivity contribution < 1.29 is 13.9 Å². The van der Waals surface area contributed by atoms with E-state index < -0.39 is 11.4 Å². The average molecular weight is 475 g/mol. The Kier molecular flexibility index (Phi) is 7.75. The number of nitrogens with one attached hydrogen (secondary N) is 1. The van der Waals surface area contributed by atoms with Gasteiger partial charge in [-0.1, -0.05) is 41.4 Å². The molecule has 2 unspecified atom stereocenters. The number of carbonyl (C=O) groups excluding carboxylic acids is 1. The molecule has 0 aliphatic rings. The van der Waals surface area contributed by atoms with Gasteiger partial charge in [0.05, 0.1) is 0 Å². The molecule has 7 heteroatoms. The molecule has 0 aliphatic heterocycles. The number of rotatable bonds is 8. The predicted molar refractivity (Wildman–Crippen MR) is 126 cm³/mol. The summed E-state index contributed by atoms with van der Waals surface area (Å²) >= 11 is 11.9. The lowest BCUT2D eigenvalue weighted by atomic mass is 9.87. The standard InChI is InChI=1S/C25H25Cl2FN2O2/c1-16(30-24(31)25(2,3)32-22-13-20(27)12-21(28)14-22)23(18-5-4-10-29-15-18)11-17-6-8-19(26)9-7-17/h4-10,12-16,23H,11H2,1-3H3,(H,30,31). The summed E-state index contributed by atoms with van der Waals surface area (Å²) in [7, 11) is 0. The van der Waals surface area contributed by atoms with Gasteiger partial charge in [0.15, 0.2) is 5.60 Å². The van der Waals surface area contributed by atoms with Gasteiger partial charge in [-0.3, -0.25) is 9.78 Å². The van der Waals surface area contributed by atoms with Crippen LogP contribution >= 0.6 is 23.2 Å². The zero-order valence-electron chi connectivity index (χ0n) is 18.1. The number of carbonyl (C=O) groups is 1. The van der Waals surface area contributed by atoms with Crippen LogP contribution < -0.4 is 10.1 Å². The van der Waals surface area contributed by atoms with E-state index in [-0.39, 0.29) is 28.6 Å². The number of ether oxygens (including phenoxy) is 1. The van der Waals surface area contributed by atoms with Crippen molar-refractivity contribution in [1.29, 1.82) is 0 Å². The lowest BCUT2D eigenvalue weighted by Crippen LogP contribution is -2.51. The van der Waals surface area contributed by atoms with Crippen LogP contribution in [0.2, 0.25) is 10.0 Å². The monoisotopic (exact) mass is 474 g/mol. The number of hydrogen-bond acceptors (Lipinski definition) is 3. The minimum Gasteiger partial charge on any atom is -0.478 e. The summed E-state index contributed by atoms with van der Waals surface area (Å²) in [5.74, 6) is -0.701. The van der Waals surface area contributed by atoms with E-state index in [0.29, 0.717) is 11.4 Å². The van der Waals surface area contributed by atoms with Crippen molar-refractivity contribution in [3.8, 4) is 5.75 Å². The maximum Gasteiger partial charge on any atom is 0.263 e. The lowest BCUT2D eigenvalue weighted by Gasteiger charge is -2.31. The van der Waals surface area contributed by atoms with Gasteiger partial charge in [0.25, 0.3) is 5.91 Å². The molecule has 4 nitrogen and oxygen atoms in total. The first-order chi connectivity index (χ1) is 15.1. The van der Waals surface area contributed by atoms with E-state index in [9.17, 15) is 9.18 Å². The normalized spacial score (nSPS) is 13.3. The molecule has 0 bridgehead atoms. The molecule has 1 amide bonds. The molecular formula is C25H25Cl2FN2O2. The van der Waals surface area contributed by atoms with Crippen LogP contribution in [0.4, 0.5) is 4.39 Å². The van der Waals surface area contributed by atoms with Crippen LogP contribution in [0.3, 0.4) is 0 Å². The molecule has 1 aromatic heterocycles. The van der Waals surface area contributed by atoms with Gasteiger partial charge >= 0.3 is 0 Å². The number of halogens is 3. The van der Waals surface area contributed by atoms with E-state index in [4.69, 9.17) is 27.9 Å². The third-order valence-electron chi connectivity index (χ3n) is 5.20. The summed E-state index contributed by atoms with van der Waals surface area (Å²) < 4.78 is 19.4. The summed E-state index contributed by atoms with van der Waals surface area (Å²) in [5.41, 5.74) is 0.852. The number of amides is 1. The Bertz CT molecular complexity index is 1040. The fraction of sp³-hybridized carbons (Fsp3) is 0.280. The Morgan fingerprint density at radius 1 is 1.12 bits per heavy atom. The van der Waals surface area contributed by atoms with Crippen LogP contribution in [0.15, 0.2) is 67.0 Å². The van der Waals surface area contributed by atoms with Crippen molar-refractivity contribution in [1.82, 2.24) is 10.3 Å². The Morgan fingerprint density at radius 3 is 2.47 bits per heavy atom. The molecule has 0 radical (unpaired) electrons. The van der Waals surface area contributed by atoms with Crippen LogP contribution in [0, 0.1) is 5.82 Å². The molecule has 0 saturated heterocycles.